The molecule has 0 aliphatic rings. The highest BCUT2D eigenvalue weighted by atomic mass is 19.1. The SMILES string of the molecule is CCC(CCCF)C(=O)/C=C(\O)C(C)(C)C. The van der Waals surface area contributed by atoms with E-state index >= 15 is 0 Å². The minimum atomic E-state index is -0.409. The molecule has 16 heavy (non-hydrogen) atoms. The number of alkyl halides is 1. The van der Waals surface area contributed by atoms with Crippen LogP contribution in [0.3, 0.4) is 0 Å². The van der Waals surface area contributed by atoms with Crippen molar-refractivity contribution in [1.29, 1.82) is 0 Å². The Morgan fingerprint density at radius 2 is 2.00 bits per heavy atom. The molecule has 0 radical (unpaired) electrons. The van der Waals surface area contributed by atoms with Crippen LogP contribution in [0.4, 0.5) is 4.39 Å². The number of hydrogen-bond donors (Lipinski definition) is 1. The number of aliphatic hydroxyl groups excluding tert-OH is 1. The zero-order valence-electron chi connectivity index (χ0n) is 10.7. The molecule has 0 saturated carbocycles. The number of carbonyl (C=O) groups is 1. The first-order chi connectivity index (χ1) is 7.32. The lowest BCUT2D eigenvalue weighted by molar-refractivity contribution is -0.118. The van der Waals surface area contributed by atoms with Gasteiger partial charge in [-0.3, -0.25) is 9.18 Å². The Labute approximate surface area is 97.6 Å². The lowest BCUT2D eigenvalue weighted by Crippen LogP contribution is -2.16. The summed E-state index contributed by atoms with van der Waals surface area (Å²) < 4.78 is 12.0. The van der Waals surface area contributed by atoms with Crippen LogP contribution in [0, 0.1) is 11.3 Å². The van der Waals surface area contributed by atoms with Crippen molar-refractivity contribution in [3.8, 4) is 0 Å². The molecule has 0 bridgehead atoms. The van der Waals surface area contributed by atoms with E-state index in [-0.39, 0.29) is 17.5 Å². The Hall–Kier alpha value is -0.860. The monoisotopic (exact) mass is 230 g/mol. The zero-order chi connectivity index (χ0) is 12.8. The fourth-order valence-corrected chi connectivity index (χ4v) is 1.34. The van der Waals surface area contributed by atoms with E-state index in [1.165, 1.54) is 6.08 Å². The Balaban J connectivity index is 4.53. The summed E-state index contributed by atoms with van der Waals surface area (Å²) in [6.45, 7) is 7.04. The summed E-state index contributed by atoms with van der Waals surface area (Å²) in [5.41, 5.74) is -0.409. The van der Waals surface area contributed by atoms with E-state index in [1.807, 2.05) is 27.7 Å². The normalized spacial score (nSPS) is 14.9. The van der Waals surface area contributed by atoms with Crippen molar-refractivity contribution >= 4 is 5.78 Å². The lowest BCUT2D eigenvalue weighted by Gasteiger charge is -2.18. The van der Waals surface area contributed by atoms with Crippen LogP contribution in [0.5, 0.6) is 0 Å². The van der Waals surface area contributed by atoms with Gasteiger partial charge in [-0.2, -0.15) is 0 Å². The van der Waals surface area contributed by atoms with E-state index in [9.17, 15) is 14.3 Å². The molecule has 0 amide bonds. The predicted octanol–water partition coefficient (Wildman–Crippen LogP) is 3.82. The molecular weight excluding hydrogens is 207 g/mol. The molecule has 3 heteroatoms. The maximum atomic E-state index is 12.0. The summed E-state index contributed by atoms with van der Waals surface area (Å²) >= 11 is 0. The summed E-state index contributed by atoms with van der Waals surface area (Å²) in [7, 11) is 0. The summed E-state index contributed by atoms with van der Waals surface area (Å²) in [5, 5.41) is 9.69. The molecular formula is C13H23FO2. The molecule has 94 valence electrons. The maximum Gasteiger partial charge on any atom is 0.162 e. The van der Waals surface area contributed by atoms with Gasteiger partial charge < -0.3 is 5.11 Å². The van der Waals surface area contributed by atoms with Gasteiger partial charge in [-0.05, 0) is 19.3 Å². The molecule has 1 N–H and O–H groups in total. The molecule has 0 aromatic heterocycles. The van der Waals surface area contributed by atoms with Crippen LogP contribution in [0.15, 0.2) is 11.8 Å². The van der Waals surface area contributed by atoms with Crippen molar-refractivity contribution < 1.29 is 14.3 Å². The maximum absolute atomic E-state index is 12.0. The number of hydrogen-bond acceptors (Lipinski definition) is 2. The first-order valence-electron chi connectivity index (χ1n) is 5.83. The largest absolute Gasteiger partial charge is 0.512 e. The fourth-order valence-electron chi connectivity index (χ4n) is 1.34. The van der Waals surface area contributed by atoms with Gasteiger partial charge >= 0.3 is 0 Å². The van der Waals surface area contributed by atoms with E-state index in [2.05, 4.69) is 0 Å². The van der Waals surface area contributed by atoms with Crippen LogP contribution < -0.4 is 0 Å². The third kappa shape index (κ3) is 5.29. The smallest absolute Gasteiger partial charge is 0.162 e. The molecule has 1 unspecified atom stereocenters. The molecule has 0 aliphatic carbocycles. The van der Waals surface area contributed by atoms with Gasteiger partial charge in [0.1, 0.15) is 5.76 Å². The van der Waals surface area contributed by atoms with Crippen molar-refractivity contribution in [2.75, 3.05) is 6.67 Å². The van der Waals surface area contributed by atoms with Crippen molar-refractivity contribution in [2.24, 2.45) is 11.3 Å². The van der Waals surface area contributed by atoms with Gasteiger partial charge in [0.15, 0.2) is 5.78 Å². The average Bonchev–Trinajstić information content (AvgIpc) is 2.17. The highest BCUT2D eigenvalue weighted by molar-refractivity contribution is 5.92. The van der Waals surface area contributed by atoms with Gasteiger partial charge in [-0.1, -0.05) is 27.7 Å². The molecule has 0 rings (SSSR count). The highest BCUT2D eigenvalue weighted by Crippen LogP contribution is 2.24. The van der Waals surface area contributed by atoms with Gasteiger partial charge in [0.2, 0.25) is 0 Å². The minimum Gasteiger partial charge on any atom is -0.512 e. The molecule has 0 aromatic carbocycles. The molecule has 0 spiro atoms. The van der Waals surface area contributed by atoms with E-state index in [0.29, 0.717) is 19.3 Å². The lowest BCUT2D eigenvalue weighted by atomic mass is 9.89. The van der Waals surface area contributed by atoms with Gasteiger partial charge in [0.05, 0.1) is 6.67 Å². The van der Waals surface area contributed by atoms with Crippen LogP contribution in [-0.4, -0.2) is 17.6 Å². The van der Waals surface area contributed by atoms with Crippen LogP contribution in [0.1, 0.15) is 47.0 Å². The van der Waals surface area contributed by atoms with E-state index in [0.717, 1.165) is 0 Å². The van der Waals surface area contributed by atoms with Crippen molar-refractivity contribution in [3.05, 3.63) is 11.8 Å². The summed E-state index contributed by atoms with van der Waals surface area (Å²) in [6, 6.07) is 0. The highest BCUT2D eigenvalue weighted by Gasteiger charge is 2.20. The summed E-state index contributed by atoms with van der Waals surface area (Å²) in [5.74, 6) is -0.167. The molecule has 0 saturated heterocycles. The standard InChI is InChI=1S/C13H23FO2/c1-5-10(7-6-8-14)11(15)9-12(16)13(2,3)4/h9-10,16H,5-8H2,1-4H3/b12-9-. The first-order valence-corrected chi connectivity index (χ1v) is 5.83. The van der Waals surface area contributed by atoms with E-state index in [1.54, 1.807) is 0 Å². The molecule has 0 heterocycles. The molecule has 0 aliphatic heterocycles. The number of aliphatic hydroxyl groups is 1. The van der Waals surface area contributed by atoms with Crippen LogP contribution in [0.25, 0.3) is 0 Å². The van der Waals surface area contributed by atoms with Gasteiger partial charge in [-0.25, -0.2) is 0 Å². The molecule has 0 aromatic rings. The second-order valence-corrected chi connectivity index (χ2v) is 5.12. The minimum absolute atomic E-state index is 0.0937. The fraction of sp³-hybridized carbons (Fsp3) is 0.769. The molecule has 1 atom stereocenters. The summed E-state index contributed by atoms with van der Waals surface area (Å²) in [6.07, 6.45) is 2.95. The zero-order valence-corrected chi connectivity index (χ0v) is 10.7. The Bertz CT molecular complexity index is 251. The van der Waals surface area contributed by atoms with Crippen LogP contribution >= 0.6 is 0 Å². The molecule has 2 nitrogen and oxygen atoms in total. The van der Waals surface area contributed by atoms with Gasteiger partial charge in [-0.15, -0.1) is 0 Å². The number of allylic oxidation sites excluding steroid dienone is 2. The number of rotatable bonds is 6. The first kappa shape index (κ1) is 15.1. The Morgan fingerprint density at radius 1 is 1.44 bits per heavy atom. The second-order valence-electron chi connectivity index (χ2n) is 5.12. The predicted molar refractivity (Wildman–Crippen MR) is 64.2 cm³/mol. The van der Waals surface area contributed by atoms with E-state index in [4.69, 9.17) is 0 Å². The number of ketones is 1. The Kier molecular flexibility index (Phi) is 6.31. The third-order valence-corrected chi connectivity index (χ3v) is 2.63. The van der Waals surface area contributed by atoms with Crippen molar-refractivity contribution in [2.45, 2.75) is 47.0 Å². The summed E-state index contributed by atoms with van der Waals surface area (Å²) in [4.78, 5) is 11.8. The van der Waals surface area contributed by atoms with E-state index < -0.39 is 12.1 Å². The third-order valence-electron chi connectivity index (χ3n) is 2.63. The van der Waals surface area contributed by atoms with Crippen molar-refractivity contribution in [1.82, 2.24) is 0 Å². The number of halogens is 1. The van der Waals surface area contributed by atoms with Crippen molar-refractivity contribution in [3.63, 3.8) is 0 Å². The van der Waals surface area contributed by atoms with Gasteiger partial charge in [0.25, 0.3) is 0 Å². The van der Waals surface area contributed by atoms with Gasteiger partial charge in [0, 0.05) is 17.4 Å². The quantitative estimate of drug-likeness (QED) is 0.556. The Morgan fingerprint density at radius 3 is 2.38 bits per heavy atom. The number of carbonyl (C=O) groups excluding carboxylic acids is 1. The second kappa shape index (κ2) is 6.66. The molecule has 0 fully saturated rings. The van der Waals surface area contributed by atoms with Crippen LogP contribution in [0.2, 0.25) is 0 Å². The topological polar surface area (TPSA) is 37.3 Å². The van der Waals surface area contributed by atoms with Crippen LogP contribution in [-0.2, 0) is 4.79 Å². The average molecular weight is 230 g/mol.